The highest BCUT2D eigenvalue weighted by Gasteiger charge is 2.63. The van der Waals surface area contributed by atoms with Crippen molar-refractivity contribution >= 4 is 5.97 Å². The van der Waals surface area contributed by atoms with Gasteiger partial charge in [-0.15, -0.1) is 0 Å². The third-order valence-electron chi connectivity index (χ3n) is 2.61. The number of hydrogen-bond acceptors (Lipinski definition) is 2. The van der Waals surface area contributed by atoms with Crippen molar-refractivity contribution < 1.29 is 23.1 Å². The number of hydrogen-bond donors (Lipinski definition) is 2. The van der Waals surface area contributed by atoms with E-state index in [0.717, 1.165) is 0 Å². The van der Waals surface area contributed by atoms with Crippen LogP contribution in [0.25, 0.3) is 0 Å². The first-order valence-corrected chi connectivity index (χ1v) is 4.83. The van der Waals surface area contributed by atoms with Crippen molar-refractivity contribution in [3.05, 3.63) is 0 Å². The molecule has 0 aromatic carbocycles. The van der Waals surface area contributed by atoms with Crippen molar-refractivity contribution in [2.75, 3.05) is 0 Å². The summed E-state index contributed by atoms with van der Waals surface area (Å²) in [5, 5.41) is 10.9. The van der Waals surface area contributed by atoms with Gasteiger partial charge in [-0.1, -0.05) is 0 Å². The normalized spacial score (nSPS) is 21.1. The number of carboxylic acids is 1. The molecular weight excluding hydrogens is 211 g/mol. The van der Waals surface area contributed by atoms with E-state index in [1.54, 1.807) is 6.92 Å². The summed E-state index contributed by atoms with van der Waals surface area (Å²) in [7, 11) is 0. The van der Waals surface area contributed by atoms with Crippen molar-refractivity contribution in [2.45, 2.75) is 50.4 Å². The minimum atomic E-state index is -4.23. The Balaban J connectivity index is 2.38. The van der Waals surface area contributed by atoms with Crippen molar-refractivity contribution in [3.8, 4) is 0 Å². The Morgan fingerprint density at radius 2 is 2.07 bits per heavy atom. The average Bonchev–Trinajstić information content (AvgIpc) is 2.80. The lowest BCUT2D eigenvalue weighted by Crippen LogP contribution is -2.48. The zero-order valence-electron chi connectivity index (χ0n) is 8.40. The van der Waals surface area contributed by atoms with Crippen LogP contribution in [0.5, 0.6) is 0 Å². The smallest absolute Gasteiger partial charge is 0.406 e. The molecule has 2 N–H and O–H groups in total. The molecule has 1 aliphatic carbocycles. The summed E-state index contributed by atoms with van der Waals surface area (Å²) < 4.78 is 37.4. The van der Waals surface area contributed by atoms with Crippen molar-refractivity contribution in [2.24, 2.45) is 0 Å². The topological polar surface area (TPSA) is 49.3 Å². The summed E-state index contributed by atoms with van der Waals surface area (Å²) in [6.07, 6.45) is -3.94. The van der Waals surface area contributed by atoms with Crippen LogP contribution in [0.15, 0.2) is 0 Å². The first-order chi connectivity index (χ1) is 6.77. The highest BCUT2D eigenvalue weighted by atomic mass is 19.4. The van der Waals surface area contributed by atoms with Crippen LogP contribution < -0.4 is 5.32 Å². The van der Waals surface area contributed by atoms with Crippen LogP contribution in [0.1, 0.15) is 32.6 Å². The molecule has 1 fully saturated rings. The summed E-state index contributed by atoms with van der Waals surface area (Å²) in [6.45, 7) is 1.58. The lowest BCUT2D eigenvalue weighted by atomic mass is 10.1. The fourth-order valence-corrected chi connectivity index (χ4v) is 1.52. The zero-order valence-corrected chi connectivity index (χ0v) is 8.40. The second-order valence-corrected chi connectivity index (χ2v) is 4.06. The van der Waals surface area contributed by atoms with Gasteiger partial charge in [0.15, 0.2) is 0 Å². The molecule has 3 nitrogen and oxygen atoms in total. The maximum absolute atomic E-state index is 12.5. The third-order valence-corrected chi connectivity index (χ3v) is 2.61. The van der Waals surface area contributed by atoms with Gasteiger partial charge in [0.05, 0.1) is 0 Å². The number of nitrogens with one attached hydrogen (secondary N) is 1. The lowest BCUT2D eigenvalue weighted by molar-refractivity contribution is -0.167. The fourth-order valence-electron chi connectivity index (χ4n) is 1.52. The Morgan fingerprint density at radius 1 is 1.53 bits per heavy atom. The van der Waals surface area contributed by atoms with Crippen molar-refractivity contribution in [3.63, 3.8) is 0 Å². The quantitative estimate of drug-likeness (QED) is 0.751. The molecule has 1 atom stereocenters. The molecule has 1 rings (SSSR count). The Kier molecular flexibility index (Phi) is 3.28. The van der Waals surface area contributed by atoms with Crippen LogP contribution >= 0.6 is 0 Å². The highest BCUT2D eigenvalue weighted by molar-refractivity contribution is 5.66. The van der Waals surface area contributed by atoms with E-state index in [1.807, 2.05) is 0 Å². The third kappa shape index (κ3) is 3.09. The van der Waals surface area contributed by atoms with Crippen molar-refractivity contribution in [1.82, 2.24) is 5.32 Å². The molecule has 0 aromatic heterocycles. The van der Waals surface area contributed by atoms with Gasteiger partial charge in [-0.05, 0) is 26.2 Å². The first kappa shape index (κ1) is 12.3. The predicted molar refractivity (Wildman–Crippen MR) is 47.5 cm³/mol. The SMILES string of the molecule is CC(CCC(=O)O)NC1(C(F)(F)F)CC1. The number of halogens is 3. The van der Waals surface area contributed by atoms with Crippen LogP contribution in [0.3, 0.4) is 0 Å². The number of carboxylic acid groups (broad SMARTS) is 1. The first-order valence-electron chi connectivity index (χ1n) is 4.83. The molecule has 0 radical (unpaired) electrons. The molecule has 0 spiro atoms. The molecule has 88 valence electrons. The predicted octanol–water partition coefficient (Wildman–Crippen LogP) is 1.92. The van der Waals surface area contributed by atoms with Gasteiger partial charge in [-0.2, -0.15) is 13.2 Å². The molecule has 0 aromatic rings. The Labute approximate surface area is 85.7 Å². The molecule has 0 aliphatic heterocycles. The van der Waals surface area contributed by atoms with Crippen LogP contribution in [0, 0.1) is 0 Å². The molecule has 0 heterocycles. The molecule has 0 bridgehead atoms. The minimum Gasteiger partial charge on any atom is -0.481 e. The summed E-state index contributed by atoms with van der Waals surface area (Å²) in [4.78, 5) is 10.2. The molecule has 15 heavy (non-hydrogen) atoms. The van der Waals surface area contributed by atoms with Crippen molar-refractivity contribution in [1.29, 1.82) is 0 Å². The molecule has 1 aliphatic rings. The zero-order chi connectivity index (χ0) is 11.7. The van der Waals surface area contributed by atoms with E-state index in [-0.39, 0.29) is 25.7 Å². The van der Waals surface area contributed by atoms with Crippen LogP contribution in [0.2, 0.25) is 0 Å². The number of rotatable bonds is 5. The van der Waals surface area contributed by atoms with E-state index < -0.39 is 23.7 Å². The van der Waals surface area contributed by atoms with E-state index >= 15 is 0 Å². The summed E-state index contributed by atoms with van der Waals surface area (Å²) in [5.74, 6) is -0.986. The summed E-state index contributed by atoms with van der Waals surface area (Å²) in [5.41, 5.74) is -1.75. The van der Waals surface area contributed by atoms with Gasteiger partial charge < -0.3 is 10.4 Å². The van der Waals surface area contributed by atoms with Gasteiger partial charge in [0, 0.05) is 12.5 Å². The molecule has 0 amide bonds. The van der Waals surface area contributed by atoms with Gasteiger partial charge in [-0.3, -0.25) is 4.79 Å². The Bertz CT molecular complexity index is 248. The number of alkyl halides is 3. The largest absolute Gasteiger partial charge is 0.481 e. The molecule has 0 saturated heterocycles. The summed E-state index contributed by atoms with van der Waals surface area (Å²) in [6, 6.07) is -0.426. The second kappa shape index (κ2) is 4.00. The minimum absolute atomic E-state index is 0.0912. The van der Waals surface area contributed by atoms with E-state index in [1.165, 1.54) is 0 Å². The van der Waals surface area contributed by atoms with Gasteiger partial charge >= 0.3 is 12.1 Å². The van der Waals surface area contributed by atoms with E-state index in [0.29, 0.717) is 0 Å². The molecule has 6 heteroatoms. The highest BCUT2D eigenvalue weighted by Crippen LogP contribution is 2.49. The lowest BCUT2D eigenvalue weighted by Gasteiger charge is -2.24. The van der Waals surface area contributed by atoms with E-state index in [9.17, 15) is 18.0 Å². The molecule has 1 saturated carbocycles. The Hall–Kier alpha value is -0.780. The van der Waals surface area contributed by atoms with Gasteiger partial charge in [-0.25, -0.2) is 0 Å². The van der Waals surface area contributed by atoms with Gasteiger partial charge in [0.1, 0.15) is 5.54 Å². The van der Waals surface area contributed by atoms with E-state index in [2.05, 4.69) is 5.32 Å². The number of aliphatic carboxylic acids is 1. The van der Waals surface area contributed by atoms with Crippen LogP contribution in [-0.4, -0.2) is 28.8 Å². The second-order valence-electron chi connectivity index (χ2n) is 4.06. The van der Waals surface area contributed by atoms with Gasteiger partial charge in [0.2, 0.25) is 0 Å². The number of carbonyl (C=O) groups is 1. The Morgan fingerprint density at radius 3 is 2.40 bits per heavy atom. The summed E-state index contributed by atoms with van der Waals surface area (Å²) >= 11 is 0. The van der Waals surface area contributed by atoms with Crippen LogP contribution in [0.4, 0.5) is 13.2 Å². The maximum atomic E-state index is 12.5. The maximum Gasteiger partial charge on any atom is 0.406 e. The standard InChI is InChI=1S/C9H14F3NO2/c1-6(2-3-7(14)15)13-8(4-5-8)9(10,11)12/h6,13H,2-5H2,1H3,(H,14,15). The fraction of sp³-hybridized carbons (Fsp3) is 0.889. The van der Waals surface area contributed by atoms with E-state index in [4.69, 9.17) is 5.11 Å². The molecule has 1 unspecified atom stereocenters. The molecular formula is C9H14F3NO2. The van der Waals surface area contributed by atoms with Crippen LogP contribution in [-0.2, 0) is 4.79 Å². The van der Waals surface area contributed by atoms with Gasteiger partial charge in [0.25, 0.3) is 0 Å². The average molecular weight is 225 g/mol. The monoisotopic (exact) mass is 225 g/mol.